The highest BCUT2D eigenvalue weighted by molar-refractivity contribution is 5.95. The minimum absolute atomic E-state index is 0.0639. The van der Waals surface area contributed by atoms with Crippen LogP contribution in [0, 0.1) is 5.92 Å². The predicted molar refractivity (Wildman–Crippen MR) is 108 cm³/mol. The third kappa shape index (κ3) is 10.7. The normalized spacial score (nSPS) is 14.8. The fourth-order valence-electron chi connectivity index (χ4n) is 2.44. The van der Waals surface area contributed by atoms with Crippen molar-refractivity contribution < 1.29 is 39.3 Å². The van der Waals surface area contributed by atoms with Crippen LogP contribution in [-0.4, -0.2) is 82.3 Å². The van der Waals surface area contributed by atoms with Gasteiger partial charge in [0.05, 0.1) is 19.1 Å². The van der Waals surface area contributed by atoms with Crippen molar-refractivity contribution in [3.63, 3.8) is 0 Å². The third-order valence-corrected chi connectivity index (χ3v) is 4.41. The van der Waals surface area contributed by atoms with Crippen molar-refractivity contribution in [2.45, 2.75) is 63.7 Å². The molecule has 0 aliphatic rings. The number of hydrogen-bond donors (Lipinski definition) is 8. The van der Waals surface area contributed by atoms with Gasteiger partial charge in [0.15, 0.2) is 0 Å². The van der Waals surface area contributed by atoms with Crippen molar-refractivity contribution in [2.24, 2.45) is 17.4 Å². The van der Waals surface area contributed by atoms with Gasteiger partial charge < -0.3 is 42.7 Å². The molecule has 0 aliphatic heterocycles. The molecule has 13 heteroatoms. The maximum atomic E-state index is 12.4. The van der Waals surface area contributed by atoms with E-state index in [1.807, 2.05) is 0 Å². The lowest BCUT2D eigenvalue weighted by Crippen LogP contribution is -2.58. The van der Waals surface area contributed by atoms with Crippen LogP contribution in [0.2, 0.25) is 0 Å². The number of amides is 3. The molecule has 0 aromatic rings. The maximum Gasteiger partial charge on any atom is 0.326 e. The SMILES string of the molecule is CC(C)C(N)C(=O)NC(CO)C(=O)NC(CC(=O)O)C(=O)NC(CCCCN)C(=O)O. The second kappa shape index (κ2) is 14.3. The molecule has 178 valence electrons. The largest absolute Gasteiger partial charge is 0.481 e. The van der Waals surface area contributed by atoms with Gasteiger partial charge in [-0.15, -0.1) is 0 Å². The highest BCUT2D eigenvalue weighted by Gasteiger charge is 2.31. The van der Waals surface area contributed by atoms with Crippen LogP contribution in [0.3, 0.4) is 0 Å². The zero-order valence-corrected chi connectivity index (χ0v) is 17.7. The fourth-order valence-corrected chi connectivity index (χ4v) is 2.44. The Kier molecular flexibility index (Phi) is 13.0. The van der Waals surface area contributed by atoms with E-state index in [0.717, 1.165) is 0 Å². The van der Waals surface area contributed by atoms with Crippen LogP contribution in [0.25, 0.3) is 0 Å². The van der Waals surface area contributed by atoms with E-state index in [2.05, 4.69) is 16.0 Å². The lowest BCUT2D eigenvalue weighted by atomic mass is 10.0. The number of carboxylic acid groups (broad SMARTS) is 2. The summed E-state index contributed by atoms with van der Waals surface area (Å²) >= 11 is 0. The molecule has 4 atom stereocenters. The molecule has 0 fully saturated rings. The Morgan fingerprint density at radius 3 is 1.81 bits per heavy atom. The van der Waals surface area contributed by atoms with Gasteiger partial charge in [-0.3, -0.25) is 19.2 Å². The molecule has 0 heterocycles. The summed E-state index contributed by atoms with van der Waals surface area (Å²) in [6.45, 7) is 2.86. The number of aliphatic hydroxyl groups is 1. The molecule has 0 spiro atoms. The molecular weight excluding hydrogens is 414 g/mol. The van der Waals surface area contributed by atoms with E-state index in [4.69, 9.17) is 16.6 Å². The van der Waals surface area contributed by atoms with Crippen LogP contribution in [0.1, 0.15) is 39.5 Å². The van der Waals surface area contributed by atoms with E-state index >= 15 is 0 Å². The van der Waals surface area contributed by atoms with Crippen LogP contribution in [0.5, 0.6) is 0 Å². The maximum absolute atomic E-state index is 12.4. The number of carbonyl (C=O) groups excluding carboxylic acids is 3. The summed E-state index contributed by atoms with van der Waals surface area (Å²) in [6.07, 6.45) is 0.169. The van der Waals surface area contributed by atoms with E-state index in [-0.39, 0.29) is 12.3 Å². The van der Waals surface area contributed by atoms with Crippen molar-refractivity contribution in [2.75, 3.05) is 13.2 Å². The number of aliphatic hydroxyl groups excluding tert-OH is 1. The zero-order chi connectivity index (χ0) is 24.1. The Balaban J connectivity index is 5.25. The van der Waals surface area contributed by atoms with Crippen LogP contribution < -0.4 is 27.4 Å². The topological polar surface area (TPSA) is 234 Å². The first kappa shape index (κ1) is 28.2. The van der Waals surface area contributed by atoms with Crippen LogP contribution in [-0.2, 0) is 24.0 Å². The number of unbranched alkanes of at least 4 members (excludes halogenated alkanes) is 1. The van der Waals surface area contributed by atoms with E-state index in [1.54, 1.807) is 13.8 Å². The molecule has 0 radical (unpaired) electrons. The number of rotatable bonds is 15. The van der Waals surface area contributed by atoms with Crippen molar-refractivity contribution in [1.29, 1.82) is 0 Å². The fraction of sp³-hybridized carbons (Fsp3) is 0.722. The van der Waals surface area contributed by atoms with Gasteiger partial charge in [-0.05, 0) is 31.7 Å². The quantitative estimate of drug-likeness (QED) is 0.119. The summed E-state index contributed by atoms with van der Waals surface area (Å²) in [4.78, 5) is 59.3. The molecule has 0 aliphatic carbocycles. The molecule has 0 aromatic heterocycles. The average Bonchev–Trinajstić information content (AvgIpc) is 2.69. The Bertz CT molecular complexity index is 642. The van der Waals surface area contributed by atoms with Crippen molar-refractivity contribution in [3.05, 3.63) is 0 Å². The number of aliphatic carboxylic acids is 2. The first-order chi connectivity index (χ1) is 14.4. The Morgan fingerprint density at radius 2 is 1.35 bits per heavy atom. The number of nitrogens with one attached hydrogen (secondary N) is 3. The minimum atomic E-state index is -1.63. The van der Waals surface area contributed by atoms with Gasteiger partial charge in [-0.1, -0.05) is 13.8 Å². The van der Waals surface area contributed by atoms with Crippen LogP contribution in [0.4, 0.5) is 0 Å². The highest BCUT2D eigenvalue weighted by atomic mass is 16.4. The van der Waals surface area contributed by atoms with E-state index in [1.165, 1.54) is 0 Å². The summed E-state index contributed by atoms with van der Waals surface area (Å²) in [6, 6.07) is -5.37. The van der Waals surface area contributed by atoms with E-state index in [0.29, 0.717) is 19.4 Å². The molecule has 13 nitrogen and oxygen atoms in total. The molecular formula is C18H33N5O8. The number of hydrogen-bond acceptors (Lipinski definition) is 8. The standard InChI is InChI=1S/C18H33N5O8/c1-9(2)14(20)17(29)23-12(8-24)16(28)22-11(7-13(25)26)15(27)21-10(18(30)31)5-3-4-6-19/h9-12,14,24H,3-8,19-20H2,1-2H3,(H,21,27)(H,22,28)(H,23,29)(H,25,26)(H,30,31). The van der Waals surface area contributed by atoms with Gasteiger partial charge in [-0.25, -0.2) is 4.79 Å². The number of carbonyl (C=O) groups is 5. The van der Waals surface area contributed by atoms with E-state index < -0.39 is 66.9 Å². The van der Waals surface area contributed by atoms with Gasteiger partial charge >= 0.3 is 11.9 Å². The smallest absolute Gasteiger partial charge is 0.326 e. The van der Waals surface area contributed by atoms with Crippen molar-refractivity contribution >= 4 is 29.7 Å². The number of carboxylic acids is 2. The summed E-state index contributed by atoms with van der Waals surface area (Å²) in [5.41, 5.74) is 11.0. The lowest BCUT2D eigenvalue weighted by molar-refractivity contribution is -0.144. The van der Waals surface area contributed by atoms with Gasteiger partial charge in [0.1, 0.15) is 18.1 Å². The van der Waals surface area contributed by atoms with Crippen LogP contribution >= 0.6 is 0 Å². The summed E-state index contributed by atoms with van der Waals surface area (Å²) in [7, 11) is 0. The Labute approximate surface area is 179 Å². The summed E-state index contributed by atoms with van der Waals surface area (Å²) < 4.78 is 0. The molecule has 0 saturated carbocycles. The molecule has 0 rings (SSSR count). The second-order valence-corrected chi connectivity index (χ2v) is 7.36. The lowest BCUT2D eigenvalue weighted by Gasteiger charge is -2.24. The molecule has 10 N–H and O–H groups in total. The van der Waals surface area contributed by atoms with Gasteiger partial charge in [0.25, 0.3) is 0 Å². The zero-order valence-electron chi connectivity index (χ0n) is 17.7. The highest BCUT2D eigenvalue weighted by Crippen LogP contribution is 2.04. The first-order valence-corrected chi connectivity index (χ1v) is 9.86. The Hall–Kier alpha value is -2.77. The molecule has 3 amide bonds. The molecule has 0 saturated heterocycles. The third-order valence-electron chi connectivity index (χ3n) is 4.41. The van der Waals surface area contributed by atoms with Crippen LogP contribution in [0.15, 0.2) is 0 Å². The summed E-state index contributed by atoms with van der Waals surface area (Å²) in [5, 5.41) is 34.2. The first-order valence-electron chi connectivity index (χ1n) is 9.86. The van der Waals surface area contributed by atoms with Gasteiger partial charge in [0.2, 0.25) is 17.7 Å². The van der Waals surface area contributed by atoms with Crippen molar-refractivity contribution in [3.8, 4) is 0 Å². The monoisotopic (exact) mass is 447 g/mol. The van der Waals surface area contributed by atoms with Gasteiger partial charge in [-0.2, -0.15) is 0 Å². The van der Waals surface area contributed by atoms with Crippen molar-refractivity contribution in [1.82, 2.24) is 16.0 Å². The molecule has 31 heavy (non-hydrogen) atoms. The average molecular weight is 447 g/mol. The number of nitrogens with two attached hydrogens (primary N) is 2. The Morgan fingerprint density at radius 1 is 0.839 bits per heavy atom. The minimum Gasteiger partial charge on any atom is -0.481 e. The van der Waals surface area contributed by atoms with E-state index in [9.17, 15) is 34.2 Å². The second-order valence-electron chi connectivity index (χ2n) is 7.36. The molecule has 0 aromatic carbocycles. The molecule has 4 unspecified atom stereocenters. The van der Waals surface area contributed by atoms with Gasteiger partial charge in [0, 0.05) is 0 Å². The summed E-state index contributed by atoms with van der Waals surface area (Å²) in [5.74, 6) is -5.77. The predicted octanol–water partition coefficient (Wildman–Crippen LogP) is -2.90. The molecule has 0 bridgehead atoms.